The minimum absolute atomic E-state index is 0. The highest BCUT2D eigenvalue weighted by atomic mass is 127. The lowest BCUT2D eigenvalue weighted by Gasteiger charge is -2.22. The summed E-state index contributed by atoms with van der Waals surface area (Å²) in [5, 5.41) is 17.4. The molecule has 0 bridgehead atoms. The second kappa shape index (κ2) is 12.5. The van der Waals surface area contributed by atoms with Crippen molar-refractivity contribution in [2.24, 2.45) is 4.99 Å². The van der Waals surface area contributed by atoms with Crippen molar-refractivity contribution in [3.05, 3.63) is 41.0 Å². The number of hydrogen-bond donors (Lipinski definition) is 2. The molecular weight excluding hydrogens is 497 g/mol. The van der Waals surface area contributed by atoms with Gasteiger partial charge in [0.25, 0.3) is 5.69 Å². The largest absolute Gasteiger partial charge is 0.378 e. The van der Waals surface area contributed by atoms with Gasteiger partial charge in [0.1, 0.15) is 5.69 Å². The van der Waals surface area contributed by atoms with Crippen molar-refractivity contribution in [3.63, 3.8) is 0 Å². The van der Waals surface area contributed by atoms with Gasteiger partial charge in [-0.25, -0.2) is 8.42 Å². The molecule has 0 aromatic heterocycles. The molecule has 0 saturated carbocycles. The van der Waals surface area contributed by atoms with E-state index < -0.39 is 14.8 Å². The van der Waals surface area contributed by atoms with E-state index in [1.165, 1.54) is 12.1 Å². The van der Waals surface area contributed by atoms with Crippen LogP contribution < -0.4 is 10.6 Å². The predicted molar refractivity (Wildman–Crippen MR) is 124 cm³/mol. The molecule has 0 aliphatic heterocycles. The van der Waals surface area contributed by atoms with Crippen LogP contribution in [0.15, 0.2) is 40.7 Å². The first-order valence-corrected chi connectivity index (χ1v) is 10.3. The van der Waals surface area contributed by atoms with Crippen LogP contribution in [0, 0.1) is 10.1 Å². The predicted octanol–water partition coefficient (Wildman–Crippen LogP) is 2.50. The zero-order valence-electron chi connectivity index (χ0n) is 16.3. The molecule has 0 heterocycles. The van der Waals surface area contributed by atoms with Crippen LogP contribution in [0.1, 0.15) is 12.8 Å². The van der Waals surface area contributed by atoms with Gasteiger partial charge >= 0.3 is 0 Å². The second-order valence-electron chi connectivity index (χ2n) is 5.96. The quantitative estimate of drug-likeness (QED) is 0.0917. The van der Waals surface area contributed by atoms with Crippen molar-refractivity contribution in [1.82, 2.24) is 10.2 Å². The van der Waals surface area contributed by atoms with Gasteiger partial charge in [-0.15, -0.1) is 30.6 Å². The normalized spacial score (nSPS) is 11.3. The van der Waals surface area contributed by atoms with Gasteiger partial charge in [-0.3, -0.25) is 15.1 Å². The van der Waals surface area contributed by atoms with Gasteiger partial charge in [-0.1, -0.05) is 6.08 Å². The number of anilines is 1. The third-order valence-electron chi connectivity index (χ3n) is 3.79. The molecule has 0 fully saturated rings. The fourth-order valence-corrected chi connectivity index (χ4v) is 3.02. The minimum Gasteiger partial charge on any atom is -0.378 e. The number of nitrogens with zero attached hydrogens (tertiary/aromatic N) is 3. The summed E-state index contributed by atoms with van der Waals surface area (Å²) < 4.78 is 23.1. The van der Waals surface area contributed by atoms with Crippen LogP contribution in [0.3, 0.4) is 0 Å². The molecule has 0 spiro atoms. The zero-order chi connectivity index (χ0) is 20.4. The highest BCUT2D eigenvalue weighted by Crippen LogP contribution is 2.27. The minimum atomic E-state index is -3.51. The molecule has 0 saturated heterocycles. The number of rotatable bonds is 10. The van der Waals surface area contributed by atoms with Gasteiger partial charge in [0.05, 0.1) is 9.82 Å². The molecule has 0 amide bonds. The number of nitro groups is 1. The summed E-state index contributed by atoms with van der Waals surface area (Å²) in [6.45, 7) is 5.42. The Hall–Kier alpha value is -1.89. The summed E-state index contributed by atoms with van der Waals surface area (Å²) in [6, 6.07) is 3.83. The Kier molecular flexibility index (Phi) is 11.7. The summed E-state index contributed by atoms with van der Waals surface area (Å²) in [5.41, 5.74) is -0.00706. The number of guanidine groups is 1. The van der Waals surface area contributed by atoms with E-state index >= 15 is 0 Å². The van der Waals surface area contributed by atoms with Gasteiger partial charge in [0.2, 0.25) is 0 Å². The number of benzene rings is 1. The van der Waals surface area contributed by atoms with Crippen LogP contribution >= 0.6 is 24.0 Å². The average molecular weight is 525 g/mol. The molecule has 1 aromatic rings. The summed E-state index contributed by atoms with van der Waals surface area (Å²) >= 11 is 0. The molecule has 2 N–H and O–H groups in total. The van der Waals surface area contributed by atoms with Crippen LogP contribution in [0.2, 0.25) is 0 Å². The standard InChI is InChI=1S/C17H27N5O4S.HI/c1-5-6-7-12-21(3)17(18-2)20-11-10-19-15-9-8-14(27(4,25)26)13-16(15)22(23)24;/h5,8-9,13,19H,1,6-7,10-12H2,2-4H3,(H,18,20);1H. The van der Waals surface area contributed by atoms with E-state index in [2.05, 4.69) is 22.2 Å². The molecule has 0 aliphatic rings. The third kappa shape index (κ3) is 8.42. The maximum Gasteiger partial charge on any atom is 0.293 e. The third-order valence-corrected chi connectivity index (χ3v) is 4.90. The molecular formula is C17H28IN5O4S. The van der Waals surface area contributed by atoms with E-state index in [1.54, 1.807) is 7.05 Å². The van der Waals surface area contributed by atoms with E-state index in [-0.39, 0.29) is 40.2 Å². The maximum atomic E-state index is 11.6. The van der Waals surface area contributed by atoms with E-state index in [9.17, 15) is 18.5 Å². The Morgan fingerprint density at radius 3 is 2.61 bits per heavy atom. The Bertz CT molecular complexity index is 799. The Morgan fingerprint density at radius 2 is 2.07 bits per heavy atom. The topological polar surface area (TPSA) is 117 Å². The summed E-state index contributed by atoms with van der Waals surface area (Å²) in [5.74, 6) is 0.725. The van der Waals surface area contributed by atoms with E-state index in [4.69, 9.17) is 0 Å². The van der Waals surface area contributed by atoms with E-state index in [0.29, 0.717) is 13.1 Å². The number of nitro benzene ring substituents is 1. The molecule has 0 unspecified atom stereocenters. The van der Waals surface area contributed by atoms with Gasteiger partial charge in [-0.05, 0) is 25.0 Å². The molecule has 158 valence electrons. The zero-order valence-corrected chi connectivity index (χ0v) is 19.5. The Balaban J connectivity index is 0.00000729. The molecule has 11 heteroatoms. The number of sulfone groups is 1. The maximum absolute atomic E-state index is 11.6. The first-order chi connectivity index (χ1) is 12.7. The van der Waals surface area contributed by atoms with Gasteiger partial charge < -0.3 is 15.5 Å². The summed E-state index contributed by atoms with van der Waals surface area (Å²) in [7, 11) is 0.114. The smallest absolute Gasteiger partial charge is 0.293 e. The number of allylic oxidation sites excluding steroid dienone is 1. The fraction of sp³-hybridized carbons (Fsp3) is 0.471. The fourth-order valence-electron chi connectivity index (χ4n) is 2.38. The van der Waals surface area contributed by atoms with Crippen molar-refractivity contribution >= 4 is 51.1 Å². The van der Waals surface area contributed by atoms with Crippen LogP contribution in [0.25, 0.3) is 0 Å². The number of unbranched alkanes of at least 4 members (excludes halogenated alkanes) is 1. The highest BCUT2D eigenvalue weighted by Gasteiger charge is 2.18. The number of nitrogens with one attached hydrogen (secondary N) is 2. The van der Waals surface area contributed by atoms with Crippen molar-refractivity contribution in [2.45, 2.75) is 17.7 Å². The van der Waals surface area contributed by atoms with Crippen LogP contribution in [-0.2, 0) is 9.84 Å². The second-order valence-corrected chi connectivity index (χ2v) is 7.98. The van der Waals surface area contributed by atoms with E-state index in [1.807, 2.05) is 18.0 Å². The molecule has 28 heavy (non-hydrogen) atoms. The van der Waals surface area contributed by atoms with Crippen LogP contribution in [0.4, 0.5) is 11.4 Å². The van der Waals surface area contributed by atoms with Crippen LogP contribution in [-0.4, -0.2) is 64.2 Å². The lowest BCUT2D eigenvalue weighted by atomic mass is 10.2. The number of halogens is 1. The first-order valence-electron chi connectivity index (χ1n) is 8.45. The van der Waals surface area contributed by atoms with Crippen molar-refractivity contribution < 1.29 is 13.3 Å². The number of hydrogen-bond acceptors (Lipinski definition) is 6. The first kappa shape index (κ1) is 26.1. The Labute approximate surface area is 183 Å². The highest BCUT2D eigenvalue weighted by molar-refractivity contribution is 14.0. The van der Waals surface area contributed by atoms with Crippen molar-refractivity contribution in [1.29, 1.82) is 0 Å². The molecule has 1 rings (SSSR count). The van der Waals surface area contributed by atoms with Gasteiger partial charge in [0.15, 0.2) is 15.8 Å². The lowest BCUT2D eigenvalue weighted by molar-refractivity contribution is -0.384. The summed E-state index contributed by atoms with van der Waals surface area (Å²) in [4.78, 5) is 16.7. The molecule has 0 atom stereocenters. The van der Waals surface area contributed by atoms with Crippen LogP contribution in [0.5, 0.6) is 0 Å². The van der Waals surface area contributed by atoms with Crippen molar-refractivity contribution in [2.75, 3.05) is 45.3 Å². The monoisotopic (exact) mass is 525 g/mol. The van der Waals surface area contributed by atoms with Gasteiger partial charge in [-0.2, -0.15) is 0 Å². The van der Waals surface area contributed by atoms with Crippen molar-refractivity contribution in [3.8, 4) is 0 Å². The SMILES string of the molecule is C=CCCCN(C)C(=NC)NCCNc1ccc(S(C)(=O)=O)cc1[N+](=O)[O-].I. The molecule has 1 aromatic carbocycles. The molecule has 0 aliphatic carbocycles. The molecule has 0 radical (unpaired) electrons. The van der Waals surface area contributed by atoms with Gasteiger partial charge in [0, 0.05) is 46.1 Å². The average Bonchev–Trinajstić information content (AvgIpc) is 2.60. The summed E-state index contributed by atoms with van der Waals surface area (Å²) in [6.07, 6.45) is 4.78. The van der Waals surface area contributed by atoms with E-state index in [0.717, 1.165) is 37.7 Å². The number of aliphatic imine (C=N–C) groups is 1. The Morgan fingerprint density at radius 1 is 1.39 bits per heavy atom. The molecule has 9 nitrogen and oxygen atoms in total. The lowest BCUT2D eigenvalue weighted by Crippen LogP contribution is -2.41.